The number of hydrogen-bond donors (Lipinski definition) is 1. The molecule has 0 bridgehead atoms. The summed E-state index contributed by atoms with van der Waals surface area (Å²) in [5.41, 5.74) is 1.08. The molecule has 0 aliphatic carbocycles. The second kappa shape index (κ2) is 6.51. The molecule has 0 fully saturated rings. The Morgan fingerprint density at radius 2 is 2.17 bits per heavy atom. The number of nitrogens with zero attached hydrogens (tertiary/aromatic N) is 2. The van der Waals surface area contributed by atoms with Crippen molar-refractivity contribution in [1.29, 1.82) is 0 Å². The van der Waals surface area contributed by atoms with Gasteiger partial charge in [-0.1, -0.05) is 36.1 Å². The van der Waals surface area contributed by atoms with Crippen molar-refractivity contribution in [3.63, 3.8) is 0 Å². The summed E-state index contributed by atoms with van der Waals surface area (Å²) < 4.78 is 6.33. The summed E-state index contributed by atoms with van der Waals surface area (Å²) in [6.07, 6.45) is 0. The first-order valence-corrected chi connectivity index (χ1v) is 8.69. The van der Waals surface area contributed by atoms with Crippen LogP contribution in [-0.4, -0.2) is 21.9 Å². The van der Waals surface area contributed by atoms with Crippen LogP contribution in [0.3, 0.4) is 0 Å². The van der Waals surface area contributed by atoms with Gasteiger partial charge < -0.3 is 4.42 Å². The highest BCUT2D eigenvalue weighted by Gasteiger charge is 2.15. The highest BCUT2D eigenvalue weighted by Crippen LogP contribution is 2.25. The van der Waals surface area contributed by atoms with Gasteiger partial charge in [0.05, 0.1) is 5.39 Å². The van der Waals surface area contributed by atoms with Crippen LogP contribution in [0.15, 0.2) is 37.8 Å². The summed E-state index contributed by atoms with van der Waals surface area (Å²) in [5, 5.41) is 11.3. The molecule has 0 atom stereocenters. The second-order valence-corrected chi connectivity index (χ2v) is 7.22. The Morgan fingerprint density at radius 1 is 1.35 bits per heavy atom. The lowest BCUT2D eigenvalue weighted by Crippen LogP contribution is -2.14. The molecule has 118 valence electrons. The van der Waals surface area contributed by atoms with Crippen molar-refractivity contribution in [3.05, 3.63) is 45.8 Å². The summed E-state index contributed by atoms with van der Waals surface area (Å²) in [7, 11) is 0. The van der Waals surface area contributed by atoms with Gasteiger partial charge in [0.15, 0.2) is 15.5 Å². The van der Waals surface area contributed by atoms with E-state index in [0.717, 1.165) is 15.7 Å². The van der Waals surface area contributed by atoms with Gasteiger partial charge in [-0.15, -0.1) is 10.2 Å². The smallest absolute Gasteiger partial charge is 0.293 e. The third-order valence-electron chi connectivity index (χ3n) is 3.00. The summed E-state index contributed by atoms with van der Waals surface area (Å²) >= 11 is 2.82. The number of thioether (sulfide) groups is 1. The number of hydrogen-bond acceptors (Lipinski definition) is 7. The van der Waals surface area contributed by atoms with E-state index in [1.165, 1.54) is 17.4 Å². The number of anilines is 1. The number of amides is 1. The Balaban J connectivity index is 1.89. The topological polar surface area (TPSA) is 85.1 Å². The van der Waals surface area contributed by atoms with Crippen molar-refractivity contribution in [2.75, 3.05) is 11.1 Å². The van der Waals surface area contributed by atoms with Crippen molar-refractivity contribution in [3.8, 4) is 0 Å². The van der Waals surface area contributed by atoms with E-state index in [0.29, 0.717) is 16.1 Å². The van der Waals surface area contributed by atoms with Crippen LogP contribution in [0.2, 0.25) is 0 Å². The third-order valence-corrected chi connectivity index (χ3v) is 4.86. The molecule has 0 radical (unpaired) electrons. The fourth-order valence-electron chi connectivity index (χ4n) is 1.98. The summed E-state index contributed by atoms with van der Waals surface area (Å²) in [4.78, 5) is 24.3. The minimum absolute atomic E-state index is 0.0482. The van der Waals surface area contributed by atoms with Gasteiger partial charge in [-0.3, -0.25) is 14.9 Å². The molecule has 8 heteroatoms. The minimum atomic E-state index is -0.519. The lowest BCUT2D eigenvalue weighted by molar-refractivity contribution is 0.0997. The lowest BCUT2D eigenvalue weighted by atomic mass is 10.1. The van der Waals surface area contributed by atoms with Gasteiger partial charge in [0.2, 0.25) is 5.13 Å². The molecule has 1 amide bonds. The Hall–Kier alpha value is -2.19. The number of fused-ring (bicyclic) bond motifs is 1. The quantitative estimate of drug-likeness (QED) is 0.576. The van der Waals surface area contributed by atoms with Crippen molar-refractivity contribution < 1.29 is 9.21 Å². The largest absolute Gasteiger partial charge is 0.451 e. The Labute approximate surface area is 139 Å². The van der Waals surface area contributed by atoms with Crippen LogP contribution in [0.4, 0.5) is 5.13 Å². The summed E-state index contributed by atoms with van der Waals surface area (Å²) in [6.45, 7) is 3.90. The van der Waals surface area contributed by atoms with E-state index in [-0.39, 0.29) is 11.2 Å². The van der Waals surface area contributed by atoms with Gasteiger partial charge in [-0.05, 0) is 30.4 Å². The SMILES string of the molecule is CCSc1nnc(NC(=O)c2cc(=O)c3ccc(C)cc3o2)s1. The molecular weight excluding hydrogens is 334 g/mol. The van der Waals surface area contributed by atoms with E-state index in [9.17, 15) is 9.59 Å². The zero-order chi connectivity index (χ0) is 16.4. The first-order valence-electron chi connectivity index (χ1n) is 6.89. The number of aromatic nitrogens is 2. The van der Waals surface area contributed by atoms with Crippen LogP contribution in [0, 0.1) is 6.92 Å². The van der Waals surface area contributed by atoms with E-state index < -0.39 is 5.91 Å². The van der Waals surface area contributed by atoms with Crippen molar-refractivity contribution in [1.82, 2.24) is 10.2 Å². The number of benzene rings is 1. The lowest BCUT2D eigenvalue weighted by Gasteiger charge is -2.03. The highest BCUT2D eigenvalue weighted by atomic mass is 32.2. The number of nitrogens with one attached hydrogen (secondary N) is 1. The van der Waals surface area contributed by atoms with Crippen LogP contribution >= 0.6 is 23.1 Å². The first kappa shape index (κ1) is 15.7. The molecule has 1 aromatic carbocycles. The molecule has 0 aliphatic heterocycles. The predicted octanol–water partition coefficient (Wildman–Crippen LogP) is 3.32. The zero-order valence-corrected chi connectivity index (χ0v) is 14.1. The average molecular weight is 347 g/mol. The molecular formula is C15H13N3O3S2. The zero-order valence-electron chi connectivity index (χ0n) is 12.5. The van der Waals surface area contributed by atoms with E-state index in [1.807, 2.05) is 19.9 Å². The molecule has 3 rings (SSSR count). The number of aryl methyl sites for hydroxylation is 1. The normalized spacial score (nSPS) is 10.9. The first-order chi connectivity index (χ1) is 11.1. The van der Waals surface area contributed by atoms with E-state index in [1.54, 1.807) is 23.9 Å². The minimum Gasteiger partial charge on any atom is -0.451 e. The molecule has 1 N–H and O–H groups in total. The standard InChI is InChI=1S/C15H13N3O3S2/c1-3-22-15-18-17-14(23-15)16-13(20)12-7-10(19)9-5-4-8(2)6-11(9)21-12/h4-7H,3H2,1-2H3,(H,16,17,20). The van der Waals surface area contributed by atoms with E-state index in [2.05, 4.69) is 15.5 Å². The van der Waals surface area contributed by atoms with Crippen molar-refractivity contribution in [2.45, 2.75) is 18.2 Å². The number of rotatable bonds is 4. The Bertz CT molecular complexity index is 933. The van der Waals surface area contributed by atoms with Gasteiger partial charge in [0, 0.05) is 6.07 Å². The van der Waals surface area contributed by atoms with Crippen LogP contribution in [0.25, 0.3) is 11.0 Å². The molecule has 0 aliphatic rings. The van der Waals surface area contributed by atoms with E-state index in [4.69, 9.17) is 4.42 Å². The third kappa shape index (κ3) is 3.43. The Kier molecular flexibility index (Phi) is 4.44. The average Bonchev–Trinajstić information content (AvgIpc) is 2.94. The maximum absolute atomic E-state index is 12.3. The number of carbonyl (C=O) groups excluding carboxylic acids is 1. The monoisotopic (exact) mass is 347 g/mol. The maximum Gasteiger partial charge on any atom is 0.293 e. The highest BCUT2D eigenvalue weighted by molar-refractivity contribution is 8.01. The van der Waals surface area contributed by atoms with Crippen LogP contribution in [0.1, 0.15) is 23.0 Å². The fourth-order valence-corrected chi connectivity index (χ4v) is 3.62. The summed E-state index contributed by atoms with van der Waals surface area (Å²) in [5.74, 6) is 0.310. The molecule has 6 nitrogen and oxygen atoms in total. The molecule has 3 aromatic rings. The Morgan fingerprint density at radius 3 is 2.96 bits per heavy atom. The van der Waals surface area contributed by atoms with Gasteiger partial charge >= 0.3 is 0 Å². The van der Waals surface area contributed by atoms with Gasteiger partial charge in [0.25, 0.3) is 5.91 Å². The fraction of sp³-hybridized carbons (Fsp3) is 0.200. The molecule has 0 saturated carbocycles. The predicted molar refractivity (Wildman–Crippen MR) is 91.5 cm³/mol. The van der Waals surface area contributed by atoms with Crippen molar-refractivity contribution in [2.24, 2.45) is 0 Å². The maximum atomic E-state index is 12.3. The van der Waals surface area contributed by atoms with Gasteiger partial charge in [-0.2, -0.15) is 0 Å². The molecule has 0 spiro atoms. The molecule has 2 heterocycles. The van der Waals surface area contributed by atoms with Gasteiger partial charge in [0.1, 0.15) is 5.58 Å². The number of carbonyl (C=O) groups is 1. The van der Waals surface area contributed by atoms with Crippen molar-refractivity contribution >= 4 is 45.1 Å². The summed E-state index contributed by atoms with van der Waals surface area (Å²) in [6, 6.07) is 6.44. The van der Waals surface area contributed by atoms with Gasteiger partial charge in [-0.25, -0.2) is 0 Å². The van der Waals surface area contributed by atoms with E-state index >= 15 is 0 Å². The van der Waals surface area contributed by atoms with Crippen LogP contribution in [0.5, 0.6) is 0 Å². The van der Waals surface area contributed by atoms with Crippen LogP contribution in [-0.2, 0) is 0 Å². The van der Waals surface area contributed by atoms with Crippen LogP contribution < -0.4 is 10.7 Å². The molecule has 0 saturated heterocycles. The molecule has 2 aromatic heterocycles. The molecule has 0 unspecified atom stereocenters. The second-order valence-electron chi connectivity index (χ2n) is 4.73. The molecule has 23 heavy (non-hydrogen) atoms.